The summed E-state index contributed by atoms with van der Waals surface area (Å²) in [5.41, 5.74) is 0.468. The van der Waals surface area contributed by atoms with Gasteiger partial charge in [0.2, 0.25) is 0 Å². The lowest BCUT2D eigenvalue weighted by molar-refractivity contribution is -0.0205. The van der Waals surface area contributed by atoms with Crippen molar-refractivity contribution in [1.29, 1.82) is 0 Å². The van der Waals surface area contributed by atoms with E-state index in [-0.39, 0.29) is 18.4 Å². The van der Waals surface area contributed by atoms with Gasteiger partial charge in [-0.2, -0.15) is 0 Å². The van der Waals surface area contributed by atoms with E-state index >= 15 is 0 Å². The first kappa shape index (κ1) is 20.5. The molecule has 0 aliphatic rings. The number of hydrogen-bond donors (Lipinski definition) is 0. The minimum absolute atomic E-state index is 0.103. The summed E-state index contributed by atoms with van der Waals surface area (Å²) in [5.74, 6) is 0.213. The van der Waals surface area contributed by atoms with Gasteiger partial charge in [-0.05, 0) is 52.2 Å². The highest BCUT2D eigenvalue weighted by Gasteiger charge is 2.21. The summed E-state index contributed by atoms with van der Waals surface area (Å²) in [6.45, 7) is 15.6. The van der Waals surface area contributed by atoms with Gasteiger partial charge in [0.05, 0.1) is 0 Å². The number of rotatable bonds is 10. The first-order valence-electron chi connectivity index (χ1n) is 8.93. The van der Waals surface area contributed by atoms with Gasteiger partial charge >= 0.3 is 5.97 Å². The van der Waals surface area contributed by atoms with E-state index < -0.39 is 0 Å². The molecule has 0 aromatic heterocycles. The molecule has 0 saturated carbocycles. The van der Waals surface area contributed by atoms with Gasteiger partial charge in [0.15, 0.2) is 6.23 Å². The topological polar surface area (TPSA) is 42.0 Å². The third-order valence-electron chi connectivity index (χ3n) is 4.34. The Bertz CT molecular complexity index is 499. The molecule has 0 N–H and O–H groups in total. The highest BCUT2D eigenvalue weighted by Crippen LogP contribution is 2.22. The second kappa shape index (κ2) is 10.3. The molecule has 136 valence electrons. The smallest absolute Gasteiger partial charge is 0.343 e. The lowest BCUT2D eigenvalue weighted by atomic mass is 10.2. The van der Waals surface area contributed by atoms with Crippen molar-refractivity contribution in [2.45, 2.75) is 54.0 Å². The zero-order valence-electron chi connectivity index (χ0n) is 15.9. The van der Waals surface area contributed by atoms with E-state index in [2.05, 4.69) is 37.5 Å². The zero-order valence-corrected chi connectivity index (χ0v) is 15.9. The van der Waals surface area contributed by atoms with Crippen molar-refractivity contribution in [2.75, 3.05) is 26.2 Å². The molecule has 0 aliphatic heterocycles. The monoisotopic (exact) mass is 336 g/mol. The molecule has 24 heavy (non-hydrogen) atoms. The normalized spacial score (nSPS) is 13.8. The molecule has 0 spiro atoms. The fraction of sp³-hybridized carbons (Fsp3) is 0.632. The van der Waals surface area contributed by atoms with Gasteiger partial charge in [0.25, 0.3) is 0 Å². The Morgan fingerprint density at radius 2 is 1.42 bits per heavy atom. The molecule has 5 nitrogen and oxygen atoms in total. The Morgan fingerprint density at radius 1 is 0.917 bits per heavy atom. The molecule has 0 bridgehead atoms. The van der Waals surface area contributed by atoms with Gasteiger partial charge in [-0.15, -0.1) is 0 Å². The lowest BCUT2D eigenvalue weighted by Gasteiger charge is -2.28. The van der Waals surface area contributed by atoms with E-state index in [9.17, 15) is 4.79 Å². The van der Waals surface area contributed by atoms with Crippen LogP contribution in [0.3, 0.4) is 0 Å². The molecule has 1 aromatic carbocycles. The van der Waals surface area contributed by atoms with Crippen LogP contribution in [0.1, 0.15) is 51.9 Å². The minimum atomic E-state index is -0.350. The highest BCUT2D eigenvalue weighted by atomic mass is 16.6. The fourth-order valence-corrected chi connectivity index (χ4v) is 2.76. The third-order valence-corrected chi connectivity index (χ3v) is 4.34. The van der Waals surface area contributed by atoms with Gasteiger partial charge in [-0.25, -0.2) is 4.79 Å². The van der Waals surface area contributed by atoms with Crippen LogP contribution in [0, 0.1) is 0 Å². The molecular weight excluding hydrogens is 304 g/mol. The van der Waals surface area contributed by atoms with Crippen LogP contribution in [0.2, 0.25) is 0 Å². The molecule has 0 amide bonds. The van der Waals surface area contributed by atoms with Crippen molar-refractivity contribution >= 4 is 5.97 Å². The maximum absolute atomic E-state index is 12.6. The standard InChI is InChI=1S/C19H32N2O3/c1-7-20(8-2)15(5)23-18-14-12-11-13-17(18)19(22)24-16(6)21(9-3)10-4/h11-16H,7-10H2,1-6H3. The van der Waals surface area contributed by atoms with Crippen LogP contribution >= 0.6 is 0 Å². The second-order valence-corrected chi connectivity index (χ2v) is 5.66. The molecule has 0 heterocycles. The molecule has 0 radical (unpaired) electrons. The van der Waals surface area contributed by atoms with Crippen molar-refractivity contribution in [2.24, 2.45) is 0 Å². The van der Waals surface area contributed by atoms with Crippen LogP contribution in [-0.4, -0.2) is 54.4 Å². The largest absolute Gasteiger partial charge is 0.475 e. The Labute approximate surface area is 146 Å². The van der Waals surface area contributed by atoms with E-state index in [1.165, 1.54) is 0 Å². The maximum Gasteiger partial charge on any atom is 0.343 e. The van der Waals surface area contributed by atoms with Gasteiger partial charge < -0.3 is 9.47 Å². The number of carbonyl (C=O) groups excluding carboxylic acids is 1. The van der Waals surface area contributed by atoms with Crippen molar-refractivity contribution in [1.82, 2.24) is 9.80 Å². The Balaban J connectivity index is 2.87. The Kier molecular flexibility index (Phi) is 8.79. The number of hydrogen-bond acceptors (Lipinski definition) is 5. The molecule has 1 rings (SSSR count). The number of ether oxygens (including phenoxy) is 2. The van der Waals surface area contributed by atoms with Gasteiger partial charge in [-0.1, -0.05) is 39.8 Å². The summed E-state index contributed by atoms with van der Waals surface area (Å²) >= 11 is 0. The van der Waals surface area contributed by atoms with Gasteiger partial charge in [-0.3, -0.25) is 9.80 Å². The number of para-hydroxylation sites is 1. The molecule has 5 heteroatoms. The molecule has 0 saturated heterocycles. The Hall–Kier alpha value is -1.59. The summed E-state index contributed by atoms with van der Waals surface area (Å²) in [6.07, 6.45) is -0.366. The maximum atomic E-state index is 12.6. The number of esters is 1. The van der Waals surface area contributed by atoms with Gasteiger partial charge in [0, 0.05) is 0 Å². The van der Waals surface area contributed by atoms with E-state index in [1.807, 2.05) is 32.0 Å². The summed E-state index contributed by atoms with van der Waals surface area (Å²) in [5, 5.41) is 0. The SMILES string of the molecule is CCN(CC)C(C)OC(=O)c1ccccc1OC(C)N(CC)CC. The van der Waals surface area contributed by atoms with Crippen LogP contribution < -0.4 is 4.74 Å². The first-order chi connectivity index (χ1) is 11.5. The van der Waals surface area contributed by atoms with Crippen molar-refractivity contribution in [3.63, 3.8) is 0 Å². The van der Waals surface area contributed by atoms with Crippen LogP contribution in [0.25, 0.3) is 0 Å². The molecule has 1 aromatic rings. The first-order valence-corrected chi connectivity index (χ1v) is 8.93. The quantitative estimate of drug-likeness (QED) is 0.482. The number of carbonyl (C=O) groups is 1. The van der Waals surface area contributed by atoms with E-state index in [0.29, 0.717) is 11.3 Å². The number of nitrogens with zero attached hydrogens (tertiary/aromatic N) is 2. The summed E-state index contributed by atoms with van der Waals surface area (Å²) in [4.78, 5) is 16.8. The zero-order chi connectivity index (χ0) is 18.1. The molecular formula is C19H32N2O3. The predicted molar refractivity (Wildman–Crippen MR) is 97.3 cm³/mol. The highest BCUT2D eigenvalue weighted by molar-refractivity contribution is 5.92. The van der Waals surface area contributed by atoms with Crippen molar-refractivity contribution in [3.05, 3.63) is 29.8 Å². The molecule has 2 unspecified atom stereocenters. The van der Waals surface area contributed by atoms with E-state index in [1.54, 1.807) is 6.07 Å². The minimum Gasteiger partial charge on any atom is -0.475 e. The van der Waals surface area contributed by atoms with Crippen molar-refractivity contribution in [3.8, 4) is 5.75 Å². The third kappa shape index (κ3) is 5.49. The number of benzene rings is 1. The average molecular weight is 336 g/mol. The van der Waals surface area contributed by atoms with Crippen molar-refractivity contribution < 1.29 is 14.3 Å². The Morgan fingerprint density at radius 3 is 1.96 bits per heavy atom. The van der Waals surface area contributed by atoms with Crippen LogP contribution in [-0.2, 0) is 4.74 Å². The van der Waals surface area contributed by atoms with E-state index in [4.69, 9.17) is 9.47 Å². The lowest BCUT2D eigenvalue weighted by Crippen LogP contribution is -2.38. The van der Waals surface area contributed by atoms with Crippen LogP contribution in [0.5, 0.6) is 5.75 Å². The predicted octanol–water partition coefficient (Wildman–Crippen LogP) is 3.60. The summed E-state index contributed by atoms with van der Waals surface area (Å²) < 4.78 is 11.6. The summed E-state index contributed by atoms with van der Waals surface area (Å²) in [6, 6.07) is 7.27. The van der Waals surface area contributed by atoms with Crippen LogP contribution in [0.15, 0.2) is 24.3 Å². The molecule has 2 atom stereocenters. The van der Waals surface area contributed by atoms with Gasteiger partial charge in [0.1, 0.15) is 17.5 Å². The second-order valence-electron chi connectivity index (χ2n) is 5.66. The molecule has 0 fully saturated rings. The summed E-state index contributed by atoms with van der Waals surface area (Å²) in [7, 11) is 0. The fourth-order valence-electron chi connectivity index (χ4n) is 2.76. The average Bonchev–Trinajstić information content (AvgIpc) is 2.57. The van der Waals surface area contributed by atoms with Crippen LogP contribution in [0.4, 0.5) is 0 Å². The molecule has 0 aliphatic carbocycles. The van der Waals surface area contributed by atoms with E-state index in [0.717, 1.165) is 26.2 Å².